The number of benzene rings is 8. The molecule has 0 aliphatic carbocycles. The number of alkyl halides is 7. The van der Waals surface area contributed by atoms with Crippen LogP contribution in [0.1, 0.15) is 31.9 Å². The third-order valence-corrected chi connectivity index (χ3v) is 17.6. The molecule has 1 N–H and O–H groups in total. The van der Waals surface area contributed by atoms with Crippen LogP contribution < -0.4 is 9.47 Å². The summed E-state index contributed by atoms with van der Waals surface area (Å²) in [5, 5.41) is 9.50. The zero-order valence-electron chi connectivity index (χ0n) is 46.4. The summed E-state index contributed by atoms with van der Waals surface area (Å²) in [6.07, 6.45) is -9.35. The van der Waals surface area contributed by atoms with Crippen LogP contribution in [0, 0.1) is 13.8 Å². The zero-order valence-corrected chi connectivity index (χ0v) is 50.4. The molecule has 8 rings (SSSR count). The van der Waals surface area contributed by atoms with Gasteiger partial charge in [0.2, 0.25) is 0 Å². The smallest absolute Gasteiger partial charge is 0.420 e. The highest BCUT2D eigenvalue weighted by molar-refractivity contribution is 7.97. The van der Waals surface area contributed by atoms with Crippen LogP contribution >= 0.6 is 11.6 Å². The third-order valence-electron chi connectivity index (χ3n) is 11.4. The molecule has 0 aliphatic heterocycles. The summed E-state index contributed by atoms with van der Waals surface area (Å²) in [6.45, 7) is 5.16. The Morgan fingerprint density at radius 2 is 0.738 bits per heavy atom. The van der Waals surface area contributed by atoms with Crippen molar-refractivity contribution in [3.05, 3.63) is 230 Å². The lowest BCUT2D eigenvalue weighted by Crippen LogP contribution is -2.50. The molecule has 0 radical (unpaired) electrons. The first-order valence-corrected chi connectivity index (χ1v) is 31.1. The summed E-state index contributed by atoms with van der Waals surface area (Å²) in [7, 11) is -7.95. The highest BCUT2D eigenvalue weighted by Gasteiger charge is 2.54. The SMILES string of the molecule is CC(O)(COc1ccc([S+](c2ccccc2)c2ccccc2)cc1)C(F)(F)F.CCCl.COCOC(C)(COc1ccc([S+](c2ccccc2)c2ccccc2)cc1)C(F)(F)F.Cc1ccc(S(=O)(=O)[O-])cc1.Cc1ccc(S(=O)(=O)[O-])cc1. The van der Waals surface area contributed by atoms with Gasteiger partial charge in [-0.15, -0.1) is 11.6 Å². The molecule has 2 atom stereocenters. The Kier molecular flexibility index (Phi) is 27.4. The summed E-state index contributed by atoms with van der Waals surface area (Å²) in [4.78, 5) is 6.29. The van der Waals surface area contributed by atoms with Crippen LogP contribution in [0.5, 0.6) is 11.5 Å². The second-order valence-electron chi connectivity index (χ2n) is 18.2. The minimum atomic E-state index is -4.75. The third kappa shape index (κ3) is 22.6. The van der Waals surface area contributed by atoms with E-state index in [0.29, 0.717) is 12.7 Å². The maximum atomic E-state index is 13.4. The van der Waals surface area contributed by atoms with Gasteiger partial charge in [0, 0.05) is 13.0 Å². The molecule has 0 spiro atoms. The molecule has 8 aromatic carbocycles. The van der Waals surface area contributed by atoms with Crippen LogP contribution in [-0.2, 0) is 51.5 Å². The van der Waals surface area contributed by atoms with E-state index in [2.05, 4.69) is 53.3 Å². The first kappa shape index (κ1) is 70.1. The van der Waals surface area contributed by atoms with Crippen LogP contribution in [-0.4, -0.2) is 87.6 Å². The van der Waals surface area contributed by atoms with Crippen molar-refractivity contribution in [2.75, 3.05) is 33.0 Å². The van der Waals surface area contributed by atoms with Gasteiger partial charge in [0.15, 0.2) is 40.6 Å². The van der Waals surface area contributed by atoms with E-state index < -0.39 is 63.8 Å². The minimum absolute atomic E-state index is 0.178. The average Bonchev–Trinajstić information content (AvgIpc) is 3.62. The molecule has 0 aromatic heterocycles. The van der Waals surface area contributed by atoms with Gasteiger partial charge >= 0.3 is 12.4 Å². The van der Waals surface area contributed by atoms with E-state index in [4.69, 9.17) is 25.8 Å². The largest absolute Gasteiger partial charge is 0.744 e. The van der Waals surface area contributed by atoms with Crippen LogP contribution in [0.25, 0.3) is 0 Å². The van der Waals surface area contributed by atoms with E-state index in [-0.39, 0.29) is 37.3 Å². The maximum Gasteiger partial charge on any atom is 0.420 e. The highest BCUT2D eigenvalue weighted by atomic mass is 35.5. The van der Waals surface area contributed by atoms with Crippen LogP contribution in [0.2, 0.25) is 0 Å². The summed E-state index contributed by atoms with van der Waals surface area (Å²) < 4.78 is 161. The Morgan fingerprint density at radius 1 is 0.464 bits per heavy atom. The van der Waals surface area contributed by atoms with E-state index in [0.717, 1.165) is 53.3 Å². The molecule has 0 bridgehead atoms. The molecular formula is C62H63ClF6O11S4. The van der Waals surface area contributed by atoms with Crippen molar-refractivity contribution in [2.24, 2.45) is 0 Å². The number of halogens is 7. The van der Waals surface area contributed by atoms with Gasteiger partial charge in [0.1, 0.15) is 51.7 Å². The van der Waals surface area contributed by atoms with Crippen molar-refractivity contribution >= 4 is 53.6 Å². The molecule has 0 aliphatic rings. The van der Waals surface area contributed by atoms with Gasteiger partial charge in [-0.05, 0) is 149 Å². The van der Waals surface area contributed by atoms with Gasteiger partial charge in [-0.25, -0.2) is 16.8 Å². The molecule has 0 fully saturated rings. The molecule has 0 saturated heterocycles. The molecule has 0 heterocycles. The number of aryl methyl sites for hydroxylation is 2. The Bertz CT molecular complexity index is 3240. The Morgan fingerprint density at radius 3 is 0.988 bits per heavy atom. The molecule has 84 heavy (non-hydrogen) atoms. The van der Waals surface area contributed by atoms with Crippen LogP contribution in [0.15, 0.2) is 258 Å². The Labute approximate surface area is 498 Å². The zero-order chi connectivity index (χ0) is 62.2. The van der Waals surface area contributed by atoms with Crippen LogP contribution in [0.4, 0.5) is 26.3 Å². The van der Waals surface area contributed by atoms with E-state index in [1.54, 1.807) is 48.5 Å². The normalized spacial score (nSPS) is 12.9. The second-order valence-corrected chi connectivity index (χ2v) is 25.6. The molecule has 0 saturated carbocycles. The molecule has 0 amide bonds. The van der Waals surface area contributed by atoms with Crippen molar-refractivity contribution in [3.63, 3.8) is 0 Å². The van der Waals surface area contributed by atoms with E-state index in [9.17, 15) is 57.4 Å². The Balaban J connectivity index is 0.000000258. The highest BCUT2D eigenvalue weighted by Crippen LogP contribution is 2.37. The molecule has 22 heteroatoms. The average molecular weight is 1260 g/mol. The van der Waals surface area contributed by atoms with E-state index in [1.807, 2.05) is 118 Å². The molecule has 2 unspecified atom stereocenters. The predicted molar refractivity (Wildman–Crippen MR) is 313 cm³/mol. The van der Waals surface area contributed by atoms with Crippen LogP contribution in [0.3, 0.4) is 0 Å². The fourth-order valence-electron chi connectivity index (χ4n) is 6.72. The van der Waals surface area contributed by atoms with Gasteiger partial charge in [0.05, 0.1) is 31.6 Å². The lowest BCUT2D eigenvalue weighted by Gasteiger charge is -2.31. The summed E-state index contributed by atoms with van der Waals surface area (Å²) in [6, 6.07) is 65.9. The first-order chi connectivity index (χ1) is 39.5. The summed E-state index contributed by atoms with van der Waals surface area (Å²) in [5.74, 6) is 1.34. The lowest BCUT2D eigenvalue weighted by molar-refractivity contribution is -0.296. The summed E-state index contributed by atoms with van der Waals surface area (Å²) >= 11 is 5.00. The number of rotatable bonds is 17. The number of ether oxygens (including phenoxy) is 4. The summed E-state index contributed by atoms with van der Waals surface area (Å²) in [5.41, 5.74) is -3.51. The van der Waals surface area contributed by atoms with Gasteiger partial charge in [-0.2, -0.15) is 26.3 Å². The number of hydrogen-bond acceptors (Lipinski definition) is 11. The predicted octanol–water partition coefficient (Wildman–Crippen LogP) is 14.6. The molecular weight excluding hydrogens is 1200 g/mol. The van der Waals surface area contributed by atoms with E-state index >= 15 is 0 Å². The van der Waals surface area contributed by atoms with Gasteiger partial charge in [0.25, 0.3) is 0 Å². The lowest BCUT2D eigenvalue weighted by atomic mass is 10.1. The quantitative estimate of drug-likeness (QED) is 0.0302. The van der Waals surface area contributed by atoms with Gasteiger partial charge < -0.3 is 33.2 Å². The van der Waals surface area contributed by atoms with Crippen molar-refractivity contribution < 1.29 is 76.3 Å². The van der Waals surface area contributed by atoms with Crippen molar-refractivity contribution in [3.8, 4) is 11.5 Å². The maximum absolute atomic E-state index is 13.4. The van der Waals surface area contributed by atoms with E-state index in [1.165, 1.54) is 31.4 Å². The van der Waals surface area contributed by atoms with Gasteiger partial charge in [-0.3, -0.25) is 0 Å². The topological polar surface area (TPSA) is 172 Å². The molecule has 11 nitrogen and oxygen atoms in total. The second kappa shape index (κ2) is 32.8. The van der Waals surface area contributed by atoms with Crippen molar-refractivity contribution in [1.29, 1.82) is 0 Å². The molecule has 450 valence electrons. The van der Waals surface area contributed by atoms with Crippen molar-refractivity contribution in [2.45, 2.75) is 97.3 Å². The van der Waals surface area contributed by atoms with Crippen molar-refractivity contribution in [1.82, 2.24) is 0 Å². The number of methoxy groups -OCH3 is 1. The fourth-order valence-corrected chi connectivity index (χ4v) is 11.8. The van der Waals surface area contributed by atoms with Gasteiger partial charge in [-0.1, -0.05) is 115 Å². The standard InChI is InChI=1S/C24H24F3O3S.C22H20F3O2S.2C7H8O3S.C2H5Cl/c1-23(24(25,26)27,30-18-28-2)17-29-19-13-15-22(16-14-19)31(20-9-5-3-6-10-20)21-11-7-4-8-12-21;1-21(26,22(23,24)25)16-27-17-12-14-20(15-13-17)28(18-8-4-2-5-9-18)19-10-6-3-7-11-19;2*1-6-2-4-7(5-3-6)11(8,9)10;1-2-3/h3-16H,17-18H2,1-2H3;2-15,26H,16H2,1H3;2*2-5H,1H3,(H,8,9,10);2H2,1H3/q2*+1;;;/p-2. The minimum Gasteiger partial charge on any atom is -0.744 e. The monoisotopic (exact) mass is 1260 g/mol. The number of hydrogen-bond donors (Lipinski definition) is 1. The number of aliphatic hydroxyl groups is 1. The molecule has 8 aromatic rings. The fraction of sp³-hybridized carbons (Fsp3) is 0.226. The Hall–Kier alpha value is -6.37. The first-order valence-electron chi connectivity index (χ1n) is 25.3.